The molecule has 0 unspecified atom stereocenters. The predicted molar refractivity (Wildman–Crippen MR) is 94.3 cm³/mol. The zero-order valence-electron chi connectivity index (χ0n) is 14.2. The van der Waals surface area contributed by atoms with Crippen LogP contribution in [0.15, 0.2) is 24.3 Å². The average molecular weight is 279 g/mol. The van der Waals surface area contributed by atoms with Gasteiger partial charge >= 0.3 is 0 Å². The lowest BCUT2D eigenvalue weighted by molar-refractivity contribution is 0.566. The molecule has 0 aromatic heterocycles. The molecule has 0 aliphatic rings. The molecule has 0 aliphatic carbocycles. The molecule has 0 saturated heterocycles. The minimum atomic E-state index is 1.25. The van der Waals surface area contributed by atoms with Crippen LogP contribution in [-0.4, -0.2) is 0 Å². The highest BCUT2D eigenvalue weighted by molar-refractivity contribution is 5.02. The summed E-state index contributed by atoms with van der Waals surface area (Å²) in [5.74, 6) is 0. The molecule has 0 rings (SSSR count). The van der Waals surface area contributed by atoms with Gasteiger partial charge in [-0.3, -0.25) is 0 Å². The van der Waals surface area contributed by atoms with Crippen LogP contribution in [-0.2, 0) is 0 Å². The van der Waals surface area contributed by atoms with Gasteiger partial charge in [-0.05, 0) is 25.7 Å². The van der Waals surface area contributed by atoms with E-state index >= 15 is 0 Å². The number of allylic oxidation sites excluding steroid dienone is 4. The summed E-state index contributed by atoms with van der Waals surface area (Å²) in [7, 11) is 0. The van der Waals surface area contributed by atoms with E-state index in [4.69, 9.17) is 0 Å². The second-order valence-electron chi connectivity index (χ2n) is 5.97. The van der Waals surface area contributed by atoms with Crippen LogP contribution in [0.1, 0.15) is 104 Å². The first-order valence-corrected chi connectivity index (χ1v) is 9.23. The molecule has 0 atom stereocenters. The Hall–Kier alpha value is -0.520. The zero-order valence-corrected chi connectivity index (χ0v) is 14.2. The molecule has 20 heavy (non-hydrogen) atoms. The second-order valence-corrected chi connectivity index (χ2v) is 5.97. The molecule has 0 nitrogen and oxygen atoms in total. The lowest BCUT2D eigenvalue weighted by Crippen LogP contribution is -1.80. The summed E-state index contributed by atoms with van der Waals surface area (Å²) < 4.78 is 0. The largest absolute Gasteiger partial charge is 0.0845 e. The van der Waals surface area contributed by atoms with E-state index in [1.807, 2.05) is 0 Å². The van der Waals surface area contributed by atoms with Gasteiger partial charge in [-0.25, -0.2) is 0 Å². The minimum absolute atomic E-state index is 1.25. The smallest absolute Gasteiger partial charge is 0.0348 e. The van der Waals surface area contributed by atoms with Crippen molar-refractivity contribution in [2.75, 3.05) is 0 Å². The fourth-order valence-corrected chi connectivity index (χ4v) is 2.43. The lowest BCUT2D eigenvalue weighted by Gasteiger charge is -2.00. The highest BCUT2D eigenvalue weighted by atomic mass is 14.0. The molecule has 0 radical (unpaired) electrons. The molecular formula is C20H38. The Balaban J connectivity index is 3.11. The molecule has 0 aromatic carbocycles. The van der Waals surface area contributed by atoms with Crippen LogP contribution in [0.25, 0.3) is 0 Å². The Labute approximate surface area is 128 Å². The standard InChI is InChI=1S/C20H38/c1-3-5-7-9-11-13-15-17-19-20-18-16-14-12-10-8-6-4-2/h11,13,15,17H,3-10,12,14,16,18-20H2,1-2H3. The number of unbranched alkanes of at least 4 members (excludes halogenated alkanes) is 12. The highest BCUT2D eigenvalue weighted by Gasteiger charge is 1.90. The third-order valence-electron chi connectivity index (χ3n) is 3.83. The van der Waals surface area contributed by atoms with E-state index in [0.717, 1.165) is 0 Å². The molecule has 0 aliphatic heterocycles. The molecule has 0 saturated carbocycles. The third kappa shape index (κ3) is 17.5. The second kappa shape index (κ2) is 18.5. The van der Waals surface area contributed by atoms with E-state index in [9.17, 15) is 0 Å². The minimum Gasteiger partial charge on any atom is -0.0845 e. The number of rotatable bonds is 15. The maximum Gasteiger partial charge on any atom is -0.0348 e. The summed E-state index contributed by atoms with van der Waals surface area (Å²) in [6.45, 7) is 4.54. The maximum absolute atomic E-state index is 2.33. The van der Waals surface area contributed by atoms with Crippen molar-refractivity contribution in [1.82, 2.24) is 0 Å². The van der Waals surface area contributed by atoms with Crippen molar-refractivity contribution >= 4 is 0 Å². The first-order valence-electron chi connectivity index (χ1n) is 9.23. The predicted octanol–water partition coefficient (Wildman–Crippen LogP) is 7.60. The average Bonchev–Trinajstić information content (AvgIpc) is 2.47. The Morgan fingerprint density at radius 3 is 1.30 bits per heavy atom. The van der Waals surface area contributed by atoms with Crippen LogP contribution >= 0.6 is 0 Å². The Kier molecular flexibility index (Phi) is 18.0. The van der Waals surface area contributed by atoms with Gasteiger partial charge in [-0.1, -0.05) is 102 Å². The van der Waals surface area contributed by atoms with Gasteiger partial charge in [0.2, 0.25) is 0 Å². The monoisotopic (exact) mass is 278 g/mol. The van der Waals surface area contributed by atoms with Crippen LogP contribution in [0.3, 0.4) is 0 Å². The van der Waals surface area contributed by atoms with E-state index in [1.54, 1.807) is 0 Å². The molecule has 0 fully saturated rings. The Morgan fingerprint density at radius 2 is 0.800 bits per heavy atom. The number of hydrogen-bond donors (Lipinski definition) is 0. The summed E-state index contributed by atoms with van der Waals surface area (Å²) in [6, 6.07) is 0. The van der Waals surface area contributed by atoms with Crippen LogP contribution in [0.4, 0.5) is 0 Å². The molecule has 0 heterocycles. The van der Waals surface area contributed by atoms with Gasteiger partial charge in [-0.15, -0.1) is 0 Å². The fraction of sp³-hybridized carbons (Fsp3) is 0.800. The van der Waals surface area contributed by atoms with Crippen molar-refractivity contribution < 1.29 is 0 Å². The summed E-state index contributed by atoms with van der Waals surface area (Å²) in [6.07, 6.45) is 28.5. The van der Waals surface area contributed by atoms with Gasteiger partial charge in [0.1, 0.15) is 0 Å². The van der Waals surface area contributed by atoms with Crippen molar-refractivity contribution in [2.45, 2.75) is 104 Å². The zero-order chi connectivity index (χ0) is 14.7. The van der Waals surface area contributed by atoms with Crippen LogP contribution in [0.5, 0.6) is 0 Å². The van der Waals surface area contributed by atoms with Crippen molar-refractivity contribution in [3.05, 3.63) is 24.3 Å². The van der Waals surface area contributed by atoms with E-state index in [-0.39, 0.29) is 0 Å². The van der Waals surface area contributed by atoms with Crippen molar-refractivity contribution in [3.63, 3.8) is 0 Å². The topological polar surface area (TPSA) is 0 Å². The molecule has 0 amide bonds. The normalized spacial score (nSPS) is 11.9. The van der Waals surface area contributed by atoms with Gasteiger partial charge in [0, 0.05) is 0 Å². The summed E-state index contributed by atoms with van der Waals surface area (Å²) in [5.41, 5.74) is 0. The van der Waals surface area contributed by atoms with Crippen molar-refractivity contribution in [2.24, 2.45) is 0 Å². The van der Waals surface area contributed by atoms with E-state index in [2.05, 4.69) is 38.2 Å². The summed E-state index contributed by atoms with van der Waals surface area (Å²) in [5, 5.41) is 0. The first-order chi connectivity index (χ1) is 9.91. The summed E-state index contributed by atoms with van der Waals surface area (Å²) >= 11 is 0. The Morgan fingerprint density at radius 1 is 0.450 bits per heavy atom. The van der Waals surface area contributed by atoms with E-state index in [1.165, 1.54) is 89.9 Å². The van der Waals surface area contributed by atoms with Crippen LogP contribution < -0.4 is 0 Å². The van der Waals surface area contributed by atoms with E-state index in [0.29, 0.717) is 0 Å². The maximum atomic E-state index is 2.33. The molecule has 0 heteroatoms. The molecule has 118 valence electrons. The molecule has 0 N–H and O–H groups in total. The van der Waals surface area contributed by atoms with Gasteiger partial charge in [0.15, 0.2) is 0 Å². The highest BCUT2D eigenvalue weighted by Crippen LogP contribution is 2.10. The first kappa shape index (κ1) is 19.5. The van der Waals surface area contributed by atoms with Gasteiger partial charge in [0.05, 0.1) is 0 Å². The van der Waals surface area contributed by atoms with Crippen LogP contribution in [0.2, 0.25) is 0 Å². The van der Waals surface area contributed by atoms with Gasteiger partial charge in [-0.2, -0.15) is 0 Å². The van der Waals surface area contributed by atoms with Crippen molar-refractivity contribution in [3.8, 4) is 0 Å². The number of hydrogen-bond acceptors (Lipinski definition) is 0. The van der Waals surface area contributed by atoms with Gasteiger partial charge in [0.25, 0.3) is 0 Å². The lowest BCUT2D eigenvalue weighted by atomic mass is 10.1. The van der Waals surface area contributed by atoms with Crippen molar-refractivity contribution in [1.29, 1.82) is 0 Å². The third-order valence-corrected chi connectivity index (χ3v) is 3.83. The van der Waals surface area contributed by atoms with E-state index < -0.39 is 0 Å². The fourth-order valence-electron chi connectivity index (χ4n) is 2.43. The molecular weight excluding hydrogens is 240 g/mol. The molecule has 0 spiro atoms. The van der Waals surface area contributed by atoms with Crippen LogP contribution in [0, 0.1) is 0 Å². The summed E-state index contributed by atoms with van der Waals surface area (Å²) in [4.78, 5) is 0. The van der Waals surface area contributed by atoms with Gasteiger partial charge < -0.3 is 0 Å². The Bertz CT molecular complexity index is 212. The molecule has 0 aromatic rings. The molecule has 0 bridgehead atoms. The SMILES string of the molecule is CCCCCC=CC=CCCCCCCCCCCC. The quantitative estimate of drug-likeness (QED) is 0.214.